The molecule has 0 amide bonds. The summed E-state index contributed by atoms with van der Waals surface area (Å²) in [4.78, 5) is 4.54. The number of rotatable bonds is 0. The van der Waals surface area contributed by atoms with E-state index < -0.39 is 0 Å². The van der Waals surface area contributed by atoms with Gasteiger partial charge in [0.05, 0.1) is 17.1 Å². The van der Waals surface area contributed by atoms with Crippen molar-refractivity contribution in [3.63, 3.8) is 0 Å². The Kier molecular flexibility index (Phi) is 1.95. The molecule has 0 fully saturated rings. The fourth-order valence-corrected chi connectivity index (χ4v) is 3.13. The molecule has 1 aromatic rings. The van der Waals surface area contributed by atoms with Gasteiger partial charge in [-0.05, 0) is 17.9 Å². The molecular formula is C11H13N3OS. The molecule has 4 nitrogen and oxygen atoms in total. The predicted octanol–water partition coefficient (Wildman–Crippen LogP) is 2.22. The molecule has 0 atom stereocenters. The standard InChI is InChI=1S/C11H13N3OS/c1-11(2)4-3-7-8(5-11)14-9(13-15)6-16-10(14)12-7/h3-4,15H,5-6H2,1-2H3. The summed E-state index contributed by atoms with van der Waals surface area (Å²) in [7, 11) is 0. The summed E-state index contributed by atoms with van der Waals surface area (Å²) in [6, 6.07) is 0. The van der Waals surface area contributed by atoms with E-state index in [0.717, 1.165) is 17.3 Å². The minimum atomic E-state index is 0.150. The third kappa shape index (κ3) is 1.31. The van der Waals surface area contributed by atoms with E-state index in [2.05, 4.69) is 36.1 Å². The maximum absolute atomic E-state index is 8.97. The number of fused-ring (bicyclic) bond motifs is 3. The SMILES string of the molecule is CC1(C)C=Cc2nc3n(c2C1)C(=NO)CS3. The number of aromatic nitrogens is 2. The average molecular weight is 235 g/mol. The highest BCUT2D eigenvalue weighted by Crippen LogP contribution is 2.36. The Hall–Kier alpha value is -1.23. The van der Waals surface area contributed by atoms with E-state index in [-0.39, 0.29) is 5.41 Å². The van der Waals surface area contributed by atoms with Crippen molar-refractivity contribution < 1.29 is 5.21 Å². The Labute approximate surface area is 98.1 Å². The first-order chi connectivity index (χ1) is 7.61. The van der Waals surface area contributed by atoms with Gasteiger partial charge in [0.15, 0.2) is 11.0 Å². The number of thioether (sulfide) groups is 1. The zero-order valence-corrected chi connectivity index (χ0v) is 10.1. The second kappa shape index (κ2) is 3.13. The summed E-state index contributed by atoms with van der Waals surface area (Å²) in [6.45, 7) is 4.40. The molecule has 0 unspecified atom stereocenters. The van der Waals surface area contributed by atoms with Crippen LogP contribution in [0.4, 0.5) is 0 Å². The molecular weight excluding hydrogens is 222 g/mol. The first-order valence-corrected chi connectivity index (χ1v) is 6.24. The Bertz CT molecular complexity index is 514. The van der Waals surface area contributed by atoms with Crippen LogP contribution in [0.2, 0.25) is 0 Å². The highest BCUT2D eigenvalue weighted by Gasteiger charge is 2.31. The third-order valence-electron chi connectivity index (χ3n) is 2.99. The summed E-state index contributed by atoms with van der Waals surface area (Å²) < 4.78 is 1.99. The van der Waals surface area contributed by atoms with E-state index in [4.69, 9.17) is 5.21 Å². The Morgan fingerprint density at radius 1 is 1.56 bits per heavy atom. The van der Waals surface area contributed by atoms with Crippen LogP contribution in [0.1, 0.15) is 25.2 Å². The van der Waals surface area contributed by atoms with E-state index in [1.165, 1.54) is 5.69 Å². The average Bonchev–Trinajstić information content (AvgIpc) is 2.75. The molecule has 1 N–H and O–H groups in total. The van der Waals surface area contributed by atoms with Crippen molar-refractivity contribution >= 4 is 23.7 Å². The van der Waals surface area contributed by atoms with Gasteiger partial charge in [-0.2, -0.15) is 0 Å². The van der Waals surface area contributed by atoms with Gasteiger partial charge in [0.2, 0.25) is 0 Å². The van der Waals surface area contributed by atoms with Gasteiger partial charge in [0, 0.05) is 0 Å². The maximum Gasteiger partial charge on any atom is 0.174 e. The summed E-state index contributed by atoms with van der Waals surface area (Å²) in [5.74, 6) is 1.40. The Morgan fingerprint density at radius 3 is 3.12 bits per heavy atom. The molecule has 1 aromatic heterocycles. The van der Waals surface area contributed by atoms with Crippen LogP contribution < -0.4 is 0 Å². The van der Waals surface area contributed by atoms with Gasteiger partial charge in [-0.3, -0.25) is 4.57 Å². The van der Waals surface area contributed by atoms with Crippen molar-refractivity contribution in [2.45, 2.75) is 25.4 Å². The summed E-state index contributed by atoms with van der Waals surface area (Å²) >= 11 is 1.62. The van der Waals surface area contributed by atoms with Crippen molar-refractivity contribution in [3.8, 4) is 0 Å². The molecule has 16 heavy (non-hydrogen) atoms. The van der Waals surface area contributed by atoms with E-state index in [1.807, 2.05) is 4.57 Å². The molecule has 1 aliphatic heterocycles. The molecule has 84 valence electrons. The van der Waals surface area contributed by atoms with Crippen LogP contribution in [-0.2, 0) is 6.42 Å². The molecule has 0 bridgehead atoms. The molecule has 0 aromatic carbocycles. The van der Waals surface area contributed by atoms with Crippen molar-refractivity contribution in [2.24, 2.45) is 10.6 Å². The normalized spacial score (nSPS) is 23.5. The van der Waals surface area contributed by atoms with Crippen LogP contribution in [0.15, 0.2) is 16.4 Å². The predicted molar refractivity (Wildman–Crippen MR) is 64.1 cm³/mol. The van der Waals surface area contributed by atoms with Crippen LogP contribution in [-0.4, -0.2) is 26.3 Å². The highest BCUT2D eigenvalue weighted by molar-refractivity contribution is 8.00. The molecule has 0 radical (unpaired) electrons. The quantitative estimate of drug-likeness (QED) is 0.554. The zero-order chi connectivity index (χ0) is 11.3. The number of oxime groups is 1. The third-order valence-corrected chi connectivity index (χ3v) is 3.93. The number of imidazole rings is 1. The Balaban J connectivity index is 2.17. The van der Waals surface area contributed by atoms with Crippen molar-refractivity contribution in [1.29, 1.82) is 0 Å². The van der Waals surface area contributed by atoms with Crippen molar-refractivity contribution in [2.75, 3.05) is 5.75 Å². The summed E-state index contributed by atoms with van der Waals surface area (Å²) in [6.07, 6.45) is 5.20. The lowest BCUT2D eigenvalue weighted by atomic mass is 9.83. The highest BCUT2D eigenvalue weighted by atomic mass is 32.2. The van der Waals surface area contributed by atoms with E-state index >= 15 is 0 Å². The lowest BCUT2D eigenvalue weighted by molar-refractivity contribution is 0.316. The summed E-state index contributed by atoms with van der Waals surface area (Å²) in [5, 5.41) is 13.3. The molecule has 5 heteroatoms. The first-order valence-electron chi connectivity index (χ1n) is 5.26. The van der Waals surface area contributed by atoms with Gasteiger partial charge in [-0.15, -0.1) is 0 Å². The zero-order valence-electron chi connectivity index (χ0n) is 9.27. The fraction of sp³-hybridized carbons (Fsp3) is 0.455. The van der Waals surface area contributed by atoms with Crippen LogP contribution in [0.3, 0.4) is 0 Å². The topological polar surface area (TPSA) is 50.4 Å². The van der Waals surface area contributed by atoms with Gasteiger partial charge in [0.25, 0.3) is 0 Å². The lowest BCUT2D eigenvalue weighted by Crippen LogP contribution is -2.21. The maximum atomic E-state index is 8.97. The van der Waals surface area contributed by atoms with Crippen LogP contribution in [0, 0.1) is 5.41 Å². The molecule has 0 spiro atoms. The number of hydrogen-bond acceptors (Lipinski definition) is 4. The lowest BCUT2D eigenvalue weighted by Gasteiger charge is -2.24. The van der Waals surface area contributed by atoms with E-state index in [0.29, 0.717) is 11.6 Å². The molecule has 1 aliphatic carbocycles. The Morgan fingerprint density at radius 2 is 2.38 bits per heavy atom. The van der Waals surface area contributed by atoms with Crippen LogP contribution >= 0.6 is 11.8 Å². The van der Waals surface area contributed by atoms with Gasteiger partial charge in [0.1, 0.15) is 0 Å². The van der Waals surface area contributed by atoms with E-state index in [1.54, 1.807) is 11.8 Å². The monoisotopic (exact) mass is 235 g/mol. The van der Waals surface area contributed by atoms with Gasteiger partial charge in [-0.1, -0.05) is 36.8 Å². The van der Waals surface area contributed by atoms with Crippen LogP contribution in [0.25, 0.3) is 6.08 Å². The van der Waals surface area contributed by atoms with Gasteiger partial charge in [-0.25, -0.2) is 4.98 Å². The molecule has 2 heterocycles. The van der Waals surface area contributed by atoms with Crippen LogP contribution in [0.5, 0.6) is 0 Å². The fourth-order valence-electron chi connectivity index (χ4n) is 2.18. The minimum absolute atomic E-state index is 0.150. The largest absolute Gasteiger partial charge is 0.409 e. The smallest absolute Gasteiger partial charge is 0.174 e. The van der Waals surface area contributed by atoms with E-state index in [9.17, 15) is 0 Å². The first kappa shape index (κ1) is 9.96. The molecule has 3 rings (SSSR count). The van der Waals surface area contributed by atoms with Gasteiger partial charge < -0.3 is 5.21 Å². The molecule has 0 saturated heterocycles. The molecule has 2 aliphatic rings. The second-order valence-electron chi connectivity index (χ2n) is 4.87. The summed E-state index contributed by atoms with van der Waals surface area (Å²) in [5.41, 5.74) is 2.33. The van der Waals surface area contributed by atoms with Crippen molar-refractivity contribution in [3.05, 3.63) is 17.5 Å². The number of allylic oxidation sites excluding steroid dienone is 1. The number of hydrogen-bond donors (Lipinski definition) is 1. The molecule has 0 saturated carbocycles. The van der Waals surface area contributed by atoms with Crippen molar-refractivity contribution in [1.82, 2.24) is 9.55 Å². The number of nitrogens with zero attached hydrogens (tertiary/aromatic N) is 3. The van der Waals surface area contributed by atoms with Gasteiger partial charge >= 0.3 is 0 Å². The minimum Gasteiger partial charge on any atom is -0.409 e. The second-order valence-corrected chi connectivity index (χ2v) is 5.81.